The van der Waals surface area contributed by atoms with Crippen molar-refractivity contribution in [2.75, 3.05) is 13.1 Å². The maximum atomic E-state index is 4.44. The van der Waals surface area contributed by atoms with Crippen molar-refractivity contribution < 1.29 is 0 Å². The van der Waals surface area contributed by atoms with E-state index >= 15 is 0 Å². The molecule has 0 aliphatic heterocycles. The average Bonchev–Trinajstić information content (AvgIpc) is 2.67. The van der Waals surface area contributed by atoms with Gasteiger partial charge >= 0.3 is 0 Å². The van der Waals surface area contributed by atoms with Crippen molar-refractivity contribution in [3.63, 3.8) is 0 Å². The zero-order valence-corrected chi connectivity index (χ0v) is 10.9. The summed E-state index contributed by atoms with van der Waals surface area (Å²) in [6, 6.07) is 0. The Morgan fingerprint density at radius 2 is 2.19 bits per heavy atom. The van der Waals surface area contributed by atoms with Crippen molar-refractivity contribution >= 4 is 0 Å². The van der Waals surface area contributed by atoms with E-state index in [-0.39, 0.29) is 0 Å². The minimum Gasteiger partial charge on any atom is -0.335 e. The minimum atomic E-state index is 0.657. The lowest BCUT2D eigenvalue weighted by Crippen LogP contribution is -2.24. The summed E-state index contributed by atoms with van der Waals surface area (Å²) in [7, 11) is 0. The Morgan fingerprint density at radius 1 is 1.38 bits per heavy atom. The molecule has 1 aromatic rings. The van der Waals surface area contributed by atoms with Gasteiger partial charge in [0.25, 0.3) is 0 Å². The van der Waals surface area contributed by atoms with E-state index in [0.717, 1.165) is 26.1 Å². The quantitative estimate of drug-likeness (QED) is 0.686. The van der Waals surface area contributed by atoms with Crippen LogP contribution in [0.4, 0.5) is 0 Å². The first kappa shape index (κ1) is 13.2. The zero-order valence-electron chi connectivity index (χ0n) is 10.9. The molecule has 92 valence electrons. The van der Waals surface area contributed by atoms with E-state index in [1.165, 1.54) is 18.7 Å². The van der Waals surface area contributed by atoms with Gasteiger partial charge < -0.3 is 9.88 Å². The van der Waals surface area contributed by atoms with Crippen molar-refractivity contribution in [1.82, 2.24) is 14.9 Å². The van der Waals surface area contributed by atoms with Crippen LogP contribution in [-0.4, -0.2) is 22.6 Å². The third-order valence-electron chi connectivity index (χ3n) is 2.72. The monoisotopic (exact) mass is 223 g/mol. The highest BCUT2D eigenvalue weighted by Crippen LogP contribution is 2.07. The summed E-state index contributed by atoms with van der Waals surface area (Å²) in [5.74, 6) is 1.89. The molecule has 3 heteroatoms. The normalized spacial score (nSPS) is 12.9. The second-order valence-corrected chi connectivity index (χ2v) is 4.55. The van der Waals surface area contributed by atoms with Crippen LogP contribution in [0, 0.1) is 5.92 Å². The van der Waals surface area contributed by atoms with Gasteiger partial charge in [-0.3, -0.25) is 0 Å². The molecule has 0 aliphatic rings. The van der Waals surface area contributed by atoms with Crippen LogP contribution in [0.3, 0.4) is 0 Å². The molecule has 0 aliphatic carbocycles. The molecule has 1 aromatic heterocycles. The second-order valence-electron chi connectivity index (χ2n) is 4.55. The molecule has 1 heterocycles. The molecule has 0 spiro atoms. The molecule has 0 radical (unpaired) electrons. The topological polar surface area (TPSA) is 29.9 Å². The predicted octanol–water partition coefficient (Wildman–Crippen LogP) is 2.47. The zero-order chi connectivity index (χ0) is 11.8. The van der Waals surface area contributed by atoms with Gasteiger partial charge in [-0.05, 0) is 31.8 Å². The Hall–Kier alpha value is -0.830. The smallest absolute Gasteiger partial charge is 0.108 e. The summed E-state index contributed by atoms with van der Waals surface area (Å²) < 4.78 is 2.27. The Kier molecular flexibility index (Phi) is 6.16. The summed E-state index contributed by atoms with van der Waals surface area (Å²) in [5.41, 5.74) is 0. The molecule has 0 aromatic carbocycles. The number of aromatic nitrogens is 2. The molecule has 0 fully saturated rings. The highest BCUT2D eigenvalue weighted by Gasteiger charge is 2.07. The van der Waals surface area contributed by atoms with E-state index < -0.39 is 0 Å². The molecule has 1 unspecified atom stereocenters. The van der Waals surface area contributed by atoms with Gasteiger partial charge in [-0.1, -0.05) is 20.8 Å². The van der Waals surface area contributed by atoms with Gasteiger partial charge in [-0.2, -0.15) is 0 Å². The predicted molar refractivity (Wildman–Crippen MR) is 68.5 cm³/mol. The third kappa shape index (κ3) is 4.35. The van der Waals surface area contributed by atoms with E-state index in [0.29, 0.717) is 5.92 Å². The number of rotatable bonds is 8. The summed E-state index contributed by atoms with van der Waals surface area (Å²) in [4.78, 5) is 4.44. The maximum Gasteiger partial charge on any atom is 0.108 e. The van der Waals surface area contributed by atoms with Crippen molar-refractivity contribution in [2.45, 2.75) is 46.6 Å². The second kappa shape index (κ2) is 7.44. The Bertz CT molecular complexity index is 280. The fourth-order valence-corrected chi connectivity index (χ4v) is 1.88. The van der Waals surface area contributed by atoms with E-state index in [9.17, 15) is 0 Å². The van der Waals surface area contributed by atoms with Crippen LogP contribution in [0.25, 0.3) is 0 Å². The van der Waals surface area contributed by atoms with Gasteiger partial charge in [-0.15, -0.1) is 0 Å². The lowest BCUT2D eigenvalue weighted by atomic mass is 10.1. The highest BCUT2D eigenvalue weighted by molar-refractivity contribution is 4.93. The van der Waals surface area contributed by atoms with Crippen LogP contribution in [0.15, 0.2) is 12.4 Å². The SMILES string of the molecule is CCCNCC(C)Cc1nccn1CCC. The first-order valence-corrected chi connectivity index (χ1v) is 6.48. The number of aryl methyl sites for hydroxylation is 1. The van der Waals surface area contributed by atoms with Crippen molar-refractivity contribution in [3.05, 3.63) is 18.2 Å². The van der Waals surface area contributed by atoms with Gasteiger partial charge in [0.15, 0.2) is 0 Å². The lowest BCUT2D eigenvalue weighted by Gasteiger charge is -2.13. The van der Waals surface area contributed by atoms with E-state index in [2.05, 4.69) is 41.8 Å². The number of imidazole rings is 1. The Morgan fingerprint density at radius 3 is 2.88 bits per heavy atom. The van der Waals surface area contributed by atoms with Gasteiger partial charge in [0.2, 0.25) is 0 Å². The lowest BCUT2D eigenvalue weighted by molar-refractivity contribution is 0.486. The summed E-state index contributed by atoms with van der Waals surface area (Å²) >= 11 is 0. The molecule has 0 bridgehead atoms. The molecular weight excluding hydrogens is 198 g/mol. The highest BCUT2D eigenvalue weighted by atomic mass is 15.1. The third-order valence-corrected chi connectivity index (χ3v) is 2.72. The molecular formula is C13H25N3. The fraction of sp³-hybridized carbons (Fsp3) is 0.769. The molecule has 3 nitrogen and oxygen atoms in total. The van der Waals surface area contributed by atoms with Gasteiger partial charge in [0, 0.05) is 25.4 Å². The Labute approximate surface area is 99.3 Å². The number of nitrogens with zero attached hydrogens (tertiary/aromatic N) is 2. The summed E-state index contributed by atoms with van der Waals surface area (Å²) in [6.07, 6.45) is 7.45. The Balaban J connectivity index is 2.36. The van der Waals surface area contributed by atoms with Crippen LogP contribution in [-0.2, 0) is 13.0 Å². The fourth-order valence-electron chi connectivity index (χ4n) is 1.88. The van der Waals surface area contributed by atoms with Gasteiger partial charge in [0.05, 0.1) is 0 Å². The van der Waals surface area contributed by atoms with Gasteiger partial charge in [-0.25, -0.2) is 4.98 Å². The molecule has 1 N–H and O–H groups in total. The van der Waals surface area contributed by atoms with Crippen LogP contribution >= 0.6 is 0 Å². The summed E-state index contributed by atoms with van der Waals surface area (Å²) in [6.45, 7) is 9.99. The standard InChI is InChI=1S/C13H25N3/c1-4-6-14-11-12(3)10-13-15-7-9-16(13)8-5-2/h7,9,12,14H,4-6,8,10-11H2,1-3H3. The first-order chi connectivity index (χ1) is 7.77. The van der Waals surface area contributed by atoms with Crippen LogP contribution in [0.2, 0.25) is 0 Å². The van der Waals surface area contributed by atoms with Crippen molar-refractivity contribution in [3.8, 4) is 0 Å². The number of hydrogen-bond donors (Lipinski definition) is 1. The maximum absolute atomic E-state index is 4.44. The largest absolute Gasteiger partial charge is 0.335 e. The number of hydrogen-bond acceptors (Lipinski definition) is 2. The molecule has 0 amide bonds. The van der Waals surface area contributed by atoms with Crippen molar-refractivity contribution in [2.24, 2.45) is 5.92 Å². The van der Waals surface area contributed by atoms with Crippen LogP contribution in [0.5, 0.6) is 0 Å². The molecule has 1 atom stereocenters. The van der Waals surface area contributed by atoms with Crippen LogP contribution < -0.4 is 5.32 Å². The molecule has 1 rings (SSSR count). The first-order valence-electron chi connectivity index (χ1n) is 6.48. The van der Waals surface area contributed by atoms with E-state index in [1.807, 2.05) is 6.20 Å². The number of nitrogens with one attached hydrogen (secondary N) is 1. The van der Waals surface area contributed by atoms with Gasteiger partial charge in [0.1, 0.15) is 5.82 Å². The molecule has 16 heavy (non-hydrogen) atoms. The minimum absolute atomic E-state index is 0.657. The van der Waals surface area contributed by atoms with E-state index in [4.69, 9.17) is 0 Å². The molecule has 0 saturated heterocycles. The van der Waals surface area contributed by atoms with Crippen LogP contribution in [0.1, 0.15) is 39.4 Å². The summed E-state index contributed by atoms with van der Waals surface area (Å²) in [5, 5.41) is 3.46. The average molecular weight is 223 g/mol. The van der Waals surface area contributed by atoms with E-state index in [1.54, 1.807) is 0 Å². The van der Waals surface area contributed by atoms with Crippen molar-refractivity contribution in [1.29, 1.82) is 0 Å². The molecule has 0 saturated carbocycles.